The van der Waals surface area contributed by atoms with E-state index in [1.807, 2.05) is 6.07 Å². The molecule has 0 aliphatic rings. The highest BCUT2D eigenvalue weighted by Crippen LogP contribution is 2.18. The minimum atomic E-state index is -0.267. The number of nitrogens with one attached hydrogen (secondary N) is 2. The quantitative estimate of drug-likeness (QED) is 0.685. The number of benzene rings is 1. The van der Waals surface area contributed by atoms with Crippen molar-refractivity contribution in [3.8, 4) is 0 Å². The molecule has 0 aliphatic heterocycles. The molecule has 8 nitrogen and oxygen atoms in total. The molecule has 2 heterocycles. The Morgan fingerprint density at radius 3 is 2.96 bits per heavy atom. The third-order valence-electron chi connectivity index (χ3n) is 3.48. The van der Waals surface area contributed by atoms with Gasteiger partial charge in [0, 0.05) is 24.9 Å². The number of halogens is 1. The predicted octanol–water partition coefficient (Wildman–Crippen LogP) is 2.45. The maximum absolute atomic E-state index is 12.2. The zero-order chi connectivity index (χ0) is 17.8. The number of fused-ring (bicyclic) bond motifs is 1. The SMILES string of the molecule is CN(Cc1nc2ccc(Cl)cc2[nH]1)C(=O)CCC(=O)Nc1nncs1. The number of H-pyrrole nitrogens is 1. The monoisotopic (exact) mass is 378 g/mol. The van der Waals surface area contributed by atoms with Gasteiger partial charge in [0.15, 0.2) is 0 Å². The van der Waals surface area contributed by atoms with Gasteiger partial charge in [-0.3, -0.25) is 9.59 Å². The van der Waals surface area contributed by atoms with Gasteiger partial charge in [-0.1, -0.05) is 22.9 Å². The Morgan fingerprint density at radius 1 is 1.36 bits per heavy atom. The van der Waals surface area contributed by atoms with E-state index >= 15 is 0 Å². The molecule has 10 heteroatoms. The van der Waals surface area contributed by atoms with E-state index in [0.29, 0.717) is 22.5 Å². The first-order valence-corrected chi connectivity index (χ1v) is 8.71. The molecule has 2 N–H and O–H groups in total. The number of imidazole rings is 1. The van der Waals surface area contributed by atoms with E-state index in [9.17, 15) is 9.59 Å². The summed E-state index contributed by atoms with van der Waals surface area (Å²) in [5, 5.41) is 11.0. The van der Waals surface area contributed by atoms with Crippen molar-refractivity contribution in [3.63, 3.8) is 0 Å². The van der Waals surface area contributed by atoms with Crippen LogP contribution in [0.25, 0.3) is 11.0 Å². The molecule has 2 amide bonds. The lowest BCUT2D eigenvalue weighted by atomic mass is 10.2. The van der Waals surface area contributed by atoms with Crippen LogP contribution in [0.3, 0.4) is 0 Å². The number of carbonyl (C=O) groups is 2. The molecule has 130 valence electrons. The molecule has 0 spiro atoms. The Bertz CT molecular complexity index is 895. The van der Waals surface area contributed by atoms with E-state index in [1.165, 1.54) is 21.7 Å². The van der Waals surface area contributed by atoms with Gasteiger partial charge in [-0.05, 0) is 18.2 Å². The zero-order valence-corrected chi connectivity index (χ0v) is 14.9. The number of nitrogens with zero attached hydrogens (tertiary/aromatic N) is 4. The number of hydrogen-bond donors (Lipinski definition) is 2. The van der Waals surface area contributed by atoms with Gasteiger partial charge >= 0.3 is 0 Å². The molecule has 2 aromatic heterocycles. The van der Waals surface area contributed by atoms with Crippen LogP contribution in [0.2, 0.25) is 5.02 Å². The average Bonchev–Trinajstić information content (AvgIpc) is 3.21. The van der Waals surface area contributed by atoms with Crippen molar-refractivity contribution < 1.29 is 9.59 Å². The summed E-state index contributed by atoms with van der Waals surface area (Å²) < 4.78 is 0. The molecule has 3 aromatic rings. The number of aromatic amines is 1. The normalized spacial score (nSPS) is 10.8. The molecule has 25 heavy (non-hydrogen) atoms. The van der Waals surface area contributed by atoms with Crippen LogP contribution in [-0.4, -0.2) is 43.9 Å². The topological polar surface area (TPSA) is 104 Å². The van der Waals surface area contributed by atoms with Crippen LogP contribution < -0.4 is 5.32 Å². The lowest BCUT2D eigenvalue weighted by molar-refractivity contribution is -0.132. The molecule has 0 unspecified atom stereocenters. The molecule has 1 aromatic carbocycles. The van der Waals surface area contributed by atoms with E-state index in [-0.39, 0.29) is 24.7 Å². The smallest absolute Gasteiger partial charge is 0.226 e. The first-order valence-electron chi connectivity index (χ1n) is 7.45. The van der Waals surface area contributed by atoms with Gasteiger partial charge in [0.05, 0.1) is 17.6 Å². The van der Waals surface area contributed by atoms with Crippen LogP contribution in [-0.2, 0) is 16.1 Å². The minimum Gasteiger partial charge on any atom is -0.340 e. The number of rotatable bonds is 6. The fourth-order valence-corrected chi connectivity index (χ4v) is 2.88. The number of aromatic nitrogens is 4. The fraction of sp³-hybridized carbons (Fsp3) is 0.267. The van der Waals surface area contributed by atoms with E-state index < -0.39 is 0 Å². The van der Waals surface area contributed by atoms with Crippen LogP contribution >= 0.6 is 22.9 Å². The molecule has 0 radical (unpaired) electrons. The van der Waals surface area contributed by atoms with Gasteiger partial charge in [-0.25, -0.2) is 4.98 Å². The minimum absolute atomic E-state index is 0.0818. The second kappa shape index (κ2) is 7.58. The summed E-state index contributed by atoms with van der Waals surface area (Å²) in [4.78, 5) is 33.0. The average molecular weight is 379 g/mol. The van der Waals surface area contributed by atoms with Crippen molar-refractivity contribution in [2.24, 2.45) is 0 Å². The summed E-state index contributed by atoms with van der Waals surface area (Å²) in [5.74, 6) is 0.245. The molecular formula is C15H15ClN6O2S. The number of hydrogen-bond acceptors (Lipinski definition) is 6. The van der Waals surface area contributed by atoms with Crippen molar-refractivity contribution in [1.29, 1.82) is 0 Å². The Kier molecular flexibility index (Phi) is 5.25. The van der Waals surface area contributed by atoms with Gasteiger partial charge < -0.3 is 15.2 Å². The maximum Gasteiger partial charge on any atom is 0.226 e. The van der Waals surface area contributed by atoms with E-state index in [4.69, 9.17) is 11.6 Å². The molecule has 0 aliphatic carbocycles. The highest BCUT2D eigenvalue weighted by molar-refractivity contribution is 7.13. The second-order valence-electron chi connectivity index (χ2n) is 5.39. The molecule has 0 fully saturated rings. The van der Waals surface area contributed by atoms with Gasteiger partial charge in [0.1, 0.15) is 11.3 Å². The predicted molar refractivity (Wildman–Crippen MR) is 95.4 cm³/mol. The van der Waals surface area contributed by atoms with Gasteiger partial charge in [0.25, 0.3) is 0 Å². The third kappa shape index (κ3) is 4.52. The lowest BCUT2D eigenvalue weighted by Crippen LogP contribution is -2.27. The highest BCUT2D eigenvalue weighted by atomic mass is 35.5. The van der Waals surface area contributed by atoms with Crippen LogP contribution in [0.5, 0.6) is 0 Å². The van der Waals surface area contributed by atoms with Crippen LogP contribution in [0, 0.1) is 0 Å². The summed E-state index contributed by atoms with van der Waals surface area (Å²) in [6.45, 7) is 0.323. The molecule has 0 bridgehead atoms. The van der Waals surface area contributed by atoms with Gasteiger partial charge in [-0.2, -0.15) is 0 Å². The summed E-state index contributed by atoms with van der Waals surface area (Å²) in [6.07, 6.45) is 0.186. The first-order chi connectivity index (χ1) is 12.0. The van der Waals surface area contributed by atoms with Crippen LogP contribution in [0.15, 0.2) is 23.7 Å². The van der Waals surface area contributed by atoms with E-state index in [0.717, 1.165) is 11.0 Å². The molecule has 0 atom stereocenters. The molecule has 0 saturated carbocycles. The van der Waals surface area contributed by atoms with E-state index in [1.54, 1.807) is 19.2 Å². The van der Waals surface area contributed by atoms with Crippen LogP contribution in [0.1, 0.15) is 18.7 Å². The number of carbonyl (C=O) groups excluding carboxylic acids is 2. The number of anilines is 1. The van der Waals surface area contributed by atoms with Crippen molar-refractivity contribution >= 4 is 50.9 Å². The molecular weight excluding hydrogens is 364 g/mol. The lowest BCUT2D eigenvalue weighted by Gasteiger charge is -2.15. The summed E-state index contributed by atoms with van der Waals surface area (Å²) in [7, 11) is 1.67. The zero-order valence-electron chi connectivity index (χ0n) is 13.3. The summed E-state index contributed by atoms with van der Waals surface area (Å²) in [5.41, 5.74) is 3.13. The fourth-order valence-electron chi connectivity index (χ4n) is 2.24. The Morgan fingerprint density at radius 2 is 2.20 bits per heavy atom. The Hall–Kier alpha value is -2.52. The highest BCUT2D eigenvalue weighted by Gasteiger charge is 2.14. The Balaban J connectivity index is 1.52. The van der Waals surface area contributed by atoms with Crippen LogP contribution in [0.4, 0.5) is 5.13 Å². The summed E-state index contributed by atoms with van der Waals surface area (Å²) in [6, 6.07) is 5.37. The maximum atomic E-state index is 12.2. The van der Waals surface area contributed by atoms with Gasteiger partial charge in [0.2, 0.25) is 16.9 Å². The van der Waals surface area contributed by atoms with E-state index in [2.05, 4.69) is 25.5 Å². The largest absolute Gasteiger partial charge is 0.340 e. The Labute approximate surface area is 152 Å². The van der Waals surface area contributed by atoms with Crippen molar-refractivity contribution in [2.75, 3.05) is 12.4 Å². The number of amides is 2. The summed E-state index contributed by atoms with van der Waals surface area (Å²) >= 11 is 7.17. The van der Waals surface area contributed by atoms with Crippen molar-refractivity contribution in [1.82, 2.24) is 25.1 Å². The van der Waals surface area contributed by atoms with Crippen molar-refractivity contribution in [2.45, 2.75) is 19.4 Å². The third-order valence-corrected chi connectivity index (χ3v) is 4.32. The molecule has 0 saturated heterocycles. The second-order valence-corrected chi connectivity index (χ2v) is 6.66. The molecule has 3 rings (SSSR count). The first kappa shape index (κ1) is 17.3. The standard InChI is InChI=1S/C15H15ClN6O2S/c1-22(7-12-18-10-3-2-9(16)6-11(10)19-12)14(24)5-4-13(23)20-15-21-17-8-25-15/h2-3,6,8H,4-5,7H2,1H3,(H,18,19)(H,20,21,23). The van der Waals surface area contributed by atoms with Gasteiger partial charge in [-0.15, -0.1) is 10.2 Å². The van der Waals surface area contributed by atoms with Crippen molar-refractivity contribution in [3.05, 3.63) is 34.6 Å².